The van der Waals surface area contributed by atoms with Crippen molar-refractivity contribution in [3.05, 3.63) is 28.8 Å². The fraction of sp³-hybridized carbons (Fsp3) is 0.417. The highest BCUT2D eigenvalue weighted by atomic mass is 35.5. The van der Waals surface area contributed by atoms with Gasteiger partial charge in [-0.2, -0.15) is 13.2 Å². The van der Waals surface area contributed by atoms with Gasteiger partial charge < -0.3 is 11.1 Å². The van der Waals surface area contributed by atoms with Crippen molar-refractivity contribution in [1.29, 1.82) is 0 Å². The van der Waals surface area contributed by atoms with Gasteiger partial charge in [0.05, 0.1) is 22.3 Å². The van der Waals surface area contributed by atoms with Gasteiger partial charge in [-0.1, -0.05) is 25.4 Å². The van der Waals surface area contributed by atoms with Gasteiger partial charge in [0.2, 0.25) is 5.91 Å². The van der Waals surface area contributed by atoms with Crippen LogP contribution < -0.4 is 11.1 Å². The van der Waals surface area contributed by atoms with Crippen LogP contribution in [0.15, 0.2) is 18.2 Å². The molecule has 106 valence electrons. The van der Waals surface area contributed by atoms with Crippen LogP contribution in [-0.2, 0) is 11.0 Å². The first-order chi connectivity index (χ1) is 8.62. The molecule has 1 atom stereocenters. The van der Waals surface area contributed by atoms with E-state index in [1.807, 2.05) is 0 Å². The lowest BCUT2D eigenvalue weighted by molar-refractivity contribution is -0.137. The molecule has 0 aliphatic heterocycles. The fourth-order valence-corrected chi connectivity index (χ4v) is 1.48. The maximum Gasteiger partial charge on any atom is 0.416 e. The van der Waals surface area contributed by atoms with Gasteiger partial charge in [-0.3, -0.25) is 4.79 Å². The molecule has 3 N–H and O–H groups in total. The summed E-state index contributed by atoms with van der Waals surface area (Å²) < 4.78 is 37.6. The third-order valence-corrected chi connectivity index (χ3v) is 2.90. The van der Waals surface area contributed by atoms with Gasteiger partial charge in [-0.25, -0.2) is 0 Å². The molecule has 1 rings (SSSR count). The molecule has 0 aromatic heterocycles. The van der Waals surface area contributed by atoms with E-state index in [9.17, 15) is 18.0 Å². The summed E-state index contributed by atoms with van der Waals surface area (Å²) in [5.41, 5.74) is 4.62. The fourth-order valence-electron chi connectivity index (χ4n) is 1.32. The van der Waals surface area contributed by atoms with E-state index in [0.29, 0.717) is 0 Å². The largest absolute Gasteiger partial charge is 0.416 e. The molecule has 0 aliphatic carbocycles. The Morgan fingerprint density at radius 1 is 1.37 bits per heavy atom. The lowest BCUT2D eigenvalue weighted by atomic mass is 10.0. The second-order valence-electron chi connectivity index (χ2n) is 4.45. The average molecular weight is 295 g/mol. The molecule has 19 heavy (non-hydrogen) atoms. The molecule has 0 heterocycles. The molecule has 0 saturated carbocycles. The molecule has 1 aromatic rings. The first-order valence-electron chi connectivity index (χ1n) is 5.56. The topological polar surface area (TPSA) is 55.1 Å². The van der Waals surface area contributed by atoms with Gasteiger partial charge in [0, 0.05) is 0 Å². The summed E-state index contributed by atoms with van der Waals surface area (Å²) in [5, 5.41) is 2.33. The SMILES string of the molecule is CC(C)[C@H](N)C(=O)Nc1cc(C(F)(F)F)ccc1Cl. The molecule has 0 fully saturated rings. The summed E-state index contributed by atoms with van der Waals surface area (Å²) in [6.45, 7) is 3.47. The van der Waals surface area contributed by atoms with E-state index in [0.717, 1.165) is 18.2 Å². The maximum atomic E-state index is 12.5. The Balaban J connectivity index is 2.98. The first-order valence-corrected chi connectivity index (χ1v) is 5.94. The smallest absolute Gasteiger partial charge is 0.323 e. The van der Waals surface area contributed by atoms with Crippen molar-refractivity contribution < 1.29 is 18.0 Å². The Hall–Kier alpha value is -1.27. The van der Waals surface area contributed by atoms with Gasteiger partial charge in [-0.05, 0) is 24.1 Å². The van der Waals surface area contributed by atoms with E-state index in [1.165, 1.54) is 0 Å². The van der Waals surface area contributed by atoms with E-state index in [2.05, 4.69) is 5.32 Å². The number of halogens is 4. The number of carbonyl (C=O) groups is 1. The summed E-state index contributed by atoms with van der Waals surface area (Å²) >= 11 is 5.75. The number of hydrogen-bond donors (Lipinski definition) is 2. The van der Waals surface area contributed by atoms with Crippen LogP contribution in [-0.4, -0.2) is 11.9 Å². The molecule has 0 bridgehead atoms. The number of hydrogen-bond acceptors (Lipinski definition) is 2. The van der Waals surface area contributed by atoms with Gasteiger partial charge in [-0.15, -0.1) is 0 Å². The molecule has 0 saturated heterocycles. The molecule has 0 spiro atoms. The van der Waals surface area contributed by atoms with Crippen molar-refractivity contribution in [3.63, 3.8) is 0 Å². The van der Waals surface area contributed by atoms with Crippen molar-refractivity contribution in [3.8, 4) is 0 Å². The highest BCUT2D eigenvalue weighted by Gasteiger charge is 2.31. The van der Waals surface area contributed by atoms with Gasteiger partial charge in [0.15, 0.2) is 0 Å². The average Bonchev–Trinajstić information content (AvgIpc) is 2.29. The predicted molar refractivity (Wildman–Crippen MR) is 67.9 cm³/mol. The molecule has 1 amide bonds. The third-order valence-electron chi connectivity index (χ3n) is 2.57. The third kappa shape index (κ3) is 4.11. The van der Waals surface area contributed by atoms with Crippen molar-refractivity contribution in [2.24, 2.45) is 11.7 Å². The van der Waals surface area contributed by atoms with E-state index in [1.54, 1.807) is 13.8 Å². The molecule has 3 nitrogen and oxygen atoms in total. The summed E-state index contributed by atoms with van der Waals surface area (Å²) in [7, 11) is 0. The number of amides is 1. The Morgan fingerprint density at radius 3 is 2.42 bits per heavy atom. The van der Waals surface area contributed by atoms with Crippen LogP contribution in [0.25, 0.3) is 0 Å². The molecule has 0 unspecified atom stereocenters. The van der Waals surface area contributed by atoms with Crippen LogP contribution in [0.4, 0.5) is 18.9 Å². The van der Waals surface area contributed by atoms with Crippen LogP contribution in [0.1, 0.15) is 19.4 Å². The zero-order valence-corrected chi connectivity index (χ0v) is 11.1. The lowest BCUT2D eigenvalue weighted by Crippen LogP contribution is -2.39. The van der Waals surface area contributed by atoms with E-state index >= 15 is 0 Å². The van der Waals surface area contributed by atoms with Crippen LogP contribution in [0.2, 0.25) is 5.02 Å². The van der Waals surface area contributed by atoms with E-state index in [-0.39, 0.29) is 16.6 Å². The number of nitrogens with one attached hydrogen (secondary N) is 1. The number of carbonyl (C=O) groups excluding carboxylic acids is 1. The van der Waals surface area contributed by atoms with Gasteiger partial charge in [0.25, 0.3) is 0 Å². The number of rotatable bonds is 3. The summed E-state index contributed by atoms with van der Waals surface area (Å²) in [5.74, 6) is -0.708. The Bertz CT molecular complexity index is 475. The number of benzene rings is 1. The summed E-state index contributed by atoms with van der Waals surface area (Å²) in [6, 6.07) is 1.90. The Labute approximate surface area is 113 Å². The quantitative estimate of drug-likeness (QED) is 0.899. The van der Waals surface area contributed by atoms with Crippen LogP contribution in [0.3, 0.4) is 0 Å². The summed E-state index contributed by atoms with van der Waals surface area (Å²) in [6.07, 6.45) is -4.50. The standard InChI is InChI=1S/C12H14ClF3N2O/c1-6(2)10(17)11(19)18-9-5-7(12(14,15)16)3-4-8(9)13/h3-6,10H,17H2,1-2H3,(H,18,19)/t10-/m0/s1. The Morgan fingerprint density at radius 2 is 1.95 bits per heavy atom. The normalized spacial score (nSPS) is 13.5. The van der Waals surface area contributed by atoms with E-state index < -0.39 is 23.7 Å². The van der Waals surface area contributed by atoms with Gasteiger partial charge in [0.1, 0.15) is 0 Å². The molecule has 0 radical (unpaired) electrons. The minimum atomic E-state index is -4.50. The van der Waals surface area contributed by atoms with Crippen LogP contribution in [0, 0.1) is 5.92 Å². The van der Waals surface area contributed by atoms with Crippen molar-refractivity contribution in [1.82, 2.24) is 0 Å². The number of anilines is 1. The molecular weight excluding hydrogens is 281 g/mol. The molecule has 0 aliphatic rings. The number of nitrogens with two attached hydrogens (primary N) is 1. The highest BCUT2D eigenvalue weighted by Crippen LogP contribution is 2.33. The van der Waals surface area contributed by atoms with E-state index in [4.69, 9.17) is 17.3 Å². The lowest BCUT2D eigenvalue weighted by Gasteiger charge is -2.17. The molecule has 1 aromatic carbocycles. The maximum absolute atomic E-state index is 12.5. The van der Waals surface area contributed by atoms with Crippen LogP contribution >= 0.6 is 11.6 Å². The zero-order chi connectivity index (χ0) is 14.8. The highest BCUT2D eigenvalue weighted by molar-refractivity contribution is 6.33. The van der Waals surface area contributed by atoms with Crippen molar-refractivity contribution in [2.75, 3.05) is 5.32 Å². The second-order valence-corrected chi connectivity index (χ2v) is 4.86. The van der Waals surface area contributed by atoms with Crippen molar-refractivity contribution >= 4 is 23.2 Å². The second kappa shape index (κ2) is 5.79. The first kappa shape index (κ1) is 15.8. The number of alkyl halides is 3. The zero-order valence-electron chi connectivity index (χ0n) is 10.4. The van der Waals surface area contributed by atoms with Crippen molar-refractivity contribution in [2.45, 2.75) is 26.1 Å². The minimum absolute atomic E-state index is 0.0253. The van der Waals surface area contributed by atoms with Gasteiger partial charge >= 0.3 is 6.18 Å². The minimum Gasteiger partial charge on any atom is -0.323 e. The van der Waals surface area contributed by atoms with Crippen LogP contribution in [0.5, 0.6) is 0 Å². The molecular formula is C12H14ClF3N2O. The Kier molecular flexibility index (Phi) is 4.81. The predicted octanol–water partition coefficient (Wildman–Crippen LogP) is 3.28. The monoisotopic (exact) mass is 294 g/mol. The summed E-state index contributed by atoms with van der Waals surface area (Å²) in [4.78, 5) is 11.7. The molecule has 7 heteroatoms.